The number of rotatable bonds is 8. The minimum Gasteiger partial charge on any atom is -0.497 e. The largest absolute Gasteiger partial charge is 0.497 e. The fourth-order valence-electron chi connectivity index (χ4n) is 2.99. The van der Waals surface area contributed by atoms with Crippen molar-refractivity contribution in [3.05, 3.63) is 94.8 Å². The van der Waals surface area contributed by atoms with Gasteiger partial charge in [0.1, 0.15) is 18.1 Å². The molecule has 0 aliphatic rings. The van der Waals surface area contributed by atoms with Crippen LogP contribution in [0.25, 0.3) is 5.69 Å². The highest BCUT2D eigenvalue weighted by Crippen LogP contribution is 2.27. The monoisotopic (exact) mass is 451 g/mol. The SMILES string of the molecule is COc1ccc(-n2c(COc3ccc(Cl)cc3)nnc2SCc2ccc(C)cc2)cc1. The topological polar surface area (TPSA) is 49.2 Å². The van der Waals surface area contributed by atoms with Gasteiger partial charge in [-0.1, -0.05) is 53.2 Å². The molecule has 4 rings (SSSR count). The first kappa shape index (κ1) is 21.3. The Morgan fingerprint density at radius 1 is 0.871 bits per heavy atom. The van der Waals surface area contributed by atoms with Gasteiger partial charge in [-0.15, -0.1) is 10.2 Å². The zero-order valence-electron chi connectivity index (χ0n) is 17.3. The molecule has 0 amide bonds. The van der Waals surface area contributed by atoms with Gasteiger partial charge in [0.25, 0.3) is 0 Å². The second-order valence-corrected chi connectivity index (χ2v) is 8.33. The Kier molecular flexibility index (Phi) is 6.79. The Labute approximate surface area is 191 Å². The summed E-state index contributed by atoms with van der Waals surface area (Å²) in [5.41, 5.74) is 3.43. The third-order valence-electron chi connectivity index (χ3n) is 4.70. The predicted octanol–water partition coefficient (Wildman–Crippen LogP) is 6.11. The molecule has 4 aromatic rings. The lowest BCUT2D eigenvalue weighted by Crippen LogP contribution is -2.06. The number of benzene rings is 3. The van der Waals surface area contributed by atoms with Gasteiger partial charge in [0, 0.05) is 16.5 Å². The fourth-order valence-corrected chi connectivity index (χ4v) is 4.04. The minimum absolute atomic E-state index is 0.283. The molecule has 0 fully saturated rings. The van der Waals surface area contributed by atoms with Gasteiger partial charge in [0.2, 0.25) is 0 Å². The number of methoxy groups -OCH3 is 1. The second kappa shape index (κ2) is 9.90. The number of hydrogen-bond acceptors (Lipinski definition) is 5. The second-order valence-electron chi connectivity index (χ2n) is 6.95. The average Bonchev–Trinajstić information content (AvgIpc) is 3.21. The molecule has 0 spiro atoms. The number of aromatic nitrogens is 3. The van der Waals surface area contributed by atoms with Crippen LogP contribution in [-0.4, -0.2) is 21.9 Å². The molecule has 1 heterocycles. The standard InChI is InChI=1S/C24H22ClN3O2S/c1-17-3-5-18(6-4-17)16-31-24-27-26-23(15-30-22-11-7-19(25)8-12-22)28(24)20-9-13-21(29-2)14-10-20/h3-14H,15-16H2,1-2H3. The lowest BCUT2D eigenvalue weighted by atomic mass is 10.2. The Hall–Kier alpha value is -2.96. The first-order valence-corrected chi connectivity index (χ1v) is 11.1. The molecule has 1 aromatic heterocycles. The molecule has 0 bridgehead atoms. The van der Waals surface area contributed by atoms with Crippen LogP contribution in [-0.2, 0) is 12.4 Å². The van der Waals surface area contributed by atoms with Gasteiger partial charge >= 0.3 is 0 Å². The van der Waals surface area contributed by atoms with Gasteiger partial charge in [-0.3, -0.25) is 4.57 Å². The van der Waals surface area contributed by atoms with Gasteiger partial charge < -0.3 is 9.47 Å². The smallest absolute Gasteiger partial charge is 0.196 e. The summed E-state index contributed by atoms with van der Waals surface area (Å²) >= 11 is 7.60. The van der Waals surface area contributed by atoms with E-state index in [1.807, 2.05) is 41.0 Å². The van der Waals surface area contributed by atoms with E-state index in [4.69, 9.17) is 21.1 Å². The summed E-state index contributed by atoms with van der Waals surface area (Å²) in [5.74, 6) is 3.03. The van der Waals surface area contributed by atoms with E-state index < -0.39 is 0 Å². The molecule has 158 valence electrons. The number of nitrogens with zero attached hydrogens (tertiary/aromatic N) is 3. The molecule has 0 radical (unpaired) electrons. The maximum absolute atomic E-state index is 5.96. The first-order valence-electron chi connectivity index (χ1n) is 9.78. The van der Waals surface area contributed by atoms with E-state index in [1.165, 1.54) is 11.1 Å². The molecule has 0 saturated carbocycles. The summed E-state index contributed by atoms with van der Waals surface area (Å²) in [6.45, 7) is 2.37. The summed E-state index contributed by atoms with van der Waals surface area (Å²) in [6, 6.07) is 23.6. The maximum atomic E-state index is 5.96. The van der Waals surface area contributed by atoms with Gasteiger partial charge in [-0.05, 0) is 61.0 Å². The van der Waals surface area contributed by atoms with Gasteiger partial charge in [0.05, 0.1) is 7.11 Å². The van der Waals surface area contributed by atoms with Crippen LogP contribution in [0.4, 0.5) is 0 Å². The summed E-state index contributed by atoms with van der Waals surface area (Å²) < 4.78 is 13.2. The number of aryl methyl sites for hydroxylation is 1. The highest BCUT2D eigenvalue weighted by molar-refractivity contribution is 7.98. The number of ether oxygens (including phenoxy) is 2. The first-order chi connectivity index (χ1) is 15.1. The average molecular weight is 452 g/mol. The van der Waals surface area contributed by atoms with Gasteiger partial charge in [-0.2, -0.15) is 0 Å². The van der Waals surface area contributed by atoms with Crippen molar-refractivity contribution >= 4 is 23.4 Å². The van der Waals surface area contributed by atoms with Crippen molar-refractivity contribution in [1.82, 2.24) is 14.8 Å². The molecular weight excluding hydrogens is 430 g/mol. The molecule has 0 N–H and O–H groups in total. The highest BCUT2D eigenvalue weighted by atomic mass is 35.5. The molecular formula is C24H22ClN3O2S. The summed E-state index contributed by atoms with van der Waals surface area (Å²) in [5, 5.41) is 10.3. The van der Waals surface area contributed by atoms with Crippen molar-refractivity contribution in [2.24, 2.45) is 0 Å². The highest BCUT2D eigenvalue weighted by Gasteiger charge is 2.16. The maximum Gasteiger partial charge on any atom is 0.196 e. The van der Waals surface area contributed by atoms with Crippen molar-refractivity contribution in [2.45, 2.75) is 24.4 Å². The van der Waals surface area contributed by atoms with Crippen molar-refractivity contribution in [2.75, 3.05) is 7.11 Å². The summed E-state index contributed by atoms with van der Waals surface area (Å²) in [6.07, 6.45) is 0. The van der Waals surface area contributed by atoms with E-state index in [2.05, 4.69) is 41.4 Å². The van der Waals surface area contributed by atoms with Crippen molar-refractivity contribution in [1.29, 1.82) is 0 Å². The van der Waals surface area contributed by atoms with Crippen LogP contribution < -0.4 is 9.47 Å². The molecule has 5 nitrogen and oxygen atoms in total. The van der Waals surface area contributed by atoms with Crippen molar-refractivity contribution in [3.63, 3.8) is 0 Å². The van der Waals surface area contributed by atoms with Crippen LogP contribution >= 0.6 is 23.4 Å². The lowest BCUT2D eigenvalue weighted by Gasteiger charge is -2.12. The van der Waals surface area contributed by atoms with Gasteiger partial charge in [0.15, 0.2) is 11.0 Å². The molecule has 3 aromatic carbocycles. The summed E-state index contributed by atoms with van der Waals surface area (Å²) in [4.78, 5) is 0. The normalized spacial score (nSPS) is 10.8. The van der Waals surface area contributed by atoms with Crippen LogP contribution in [0.1, 0.15) is 17.0 Å². The minimum atomic E-state index is 0.283. The zero-order valence-corrected chi connectivity index (χ0v) is 18.9. The van der Waals surface area contributed by atoms with Crippen LogP contribution in [0.2, 0.25) is 5.02 Å². The van der Waals surface area contributed by atoms with E-state index in [9.17, 15) is 0 Å². The quantitative estimate of drug-likeness (QED) is 0.302. The number of thioether (sulfide) groups is 1. The molecule has 31 heavy (non-hydrogen) atoms. The molecule has 0 saturated heterocycles. The molecule has 0 unspecified atom stereocenters. The predicted molar refractivity (Wildman–Crippen MR) is 124 cm³/mol. The Morgan fingerprint density at radius 2 is 1.55 bits per heavy atom. The Balaban J connectivity index is 1.58. The lowest BCUT2D eigenvalue weighted by molar-refractivity contribution is 0.293. The van der Waals surface area contributed by atoms with Crippen LogP contribution in [0.3, 0.4) is 0 Å². The van der Waals surface area contributed by atoms with Gasteiger partial charge in [-0.25, -0.2) is 0 Å². The van der Waals surface area contributed by atoms with Crippen molar-refractivity contribution in [3.8, 4) is 17.2 Å². The third kappa shape index (κ3) is 5.40. The Bertz CT molecular complexity index is 1060. The Morgan fingerprint density at radius 3 is 2.23 bits per heavy atom. The van der Waals surface area contributed by atoms with E-state index in [-0.39, 0.29) is 6.61 Å². The fraction of sp³-hybridized carbons (Fsp3) is 0.167. The van der Waals surface area contributed by atoms with E-state index >= 15 is 0 Å². The van der Waals surface area contributed by atoms with E-state index in [0.29, 0.717) is 10.8 Å². The zero-order chi connectivity index (χ0) is 21.6. The van der Waals surface area contributed by atoms with Crippen LogP contribution in [0.15, 0.2) is 78.0 Å². The molecule has 0 aliphatic heterocycles. The molecule has 0 atom stereocenters. The van der Waals surface area contributed by atoms with Crippen LogP contribution in [0, 0.1) is 6.92 Å². The molecule has 7 heteroatoms. The number of halogens is 1. The van der Waals surface area contributed by atoms with E-state index in [1.54, 1.807) is 31.0 Å². The van der Waals surface area contributed by atoms with E-state index in [0.717, 1.165) is 28.1 Å². The number of hydrogen-bond donors (Lipinski definition) is 0. The summed E-state index contributed by atoms with van der Waals surface area (Å²) in [7, 11) is 1.65. The van der Waals surface area contributed by atoms with Crippen molar-refractivity contribution < 1.29 is 9.47 Å². The third-order valence-corrected chi connectivity index (χ3v) is 5.95. The molecule has 0 aliphatic carbocycles. The van der Waals surface area contributed by atoms with Crippen LogP contribution in [0.5, 0.6) is 11.5 Å².